The maximum atomic E-state index is 11.4. The van der Waals surface area contributed by atoms with Crippen molar-refractivity contribution in [1.29, 1.82) is 0 Å². The number of ether oxygens (including phenoxy) is 1. The second-order valence-electron chi connectivity index (χ2n) is 4.24. The lowest BCUT2D eigenvalue weighted by Crippen LogP contribution is -2.27. The first-order chi connectivity index (χ1) is 7.40. The third kappa shape index (κ3) is 4.85. The molecule has 0 atom stereocenters. The predicted octanol–water partition coefficient (Wildman–Crippen LogP) is 2.96. The quantitative estimate of drug-likeness (QED) is 0.822. The molecule has 0 saturated carbocycles. The van der Waals surface area contributed by atoms with Crippen LogP contribution in [0.25, 0.3) is 0 Å². The number of thiazole rings is 1. The number of nitrogens with one attached hydrogen (secondary N) is 1. The molecule has 0 aliphatic rings. The number of hydrogen-bond acceptors (Lipinski definition) is 5. The second-order valence-corrected chi connectivity index (χ2v) is 5.55. The number of hydrogen-bond donors (Lipinski definition) is 2. The first-order valence-electron chi connectivity index (χ1n) is 4.96. The zero-order chi connectivity index (χ0) is 12.2. The molecule has 4 nitrogen and oxygen atoms in total. The van der Waals surface area contributed by atoms with Crippen LogP contribution in [0.3, 0.4) is 0 Å². The van der Waals surface area contributed by atoms with E-state index in [9.17, 15) is 4.79 Å². The fourth-order valence-corrected chi connectivity index (χ4v) is 1.94. The SMILES string of the molecule is CC(C)(C)OC(=O)Nc1nc(CCS)cs1. The van der Waals surface area contributed by atoms with Crippen molar-refractivity contribution < 1.29 is 9.53 Å². The maximum absolute atomic E-state index is 11.4. The highest BCUT2D eigenvalue weighted by Gasteiger charge is 2.17. The summed E-state index contributed by atoms with van der Waals surface area (Å²) in [7, 11) is 0. The van der Waals surface area contributed by atoms with Gasteiger partial charge in [0.1, 0.15) is 5.60 Å². The van der Waals surface area contributed by atoms with Crippen LogP contribution in [-0.2, 0) is 11.2 Å². The molecule has 0 spiro atoms. The van der Waals surface area contributed by atoms with Crippen LogP contribution in [-0.4, -0.2) is 22.4 Å². The normalized spacial score (nSPS) is 11.2. The monoisotopic (exact) mass is 260 g/mol. The molecule has 90 valence electrons. The molecule has 1 rings (SSSR count). The van der Waals surface area contributed by atoms with E-state index < -0.39 is 11.7 Å². The van der Waals surface area contributed by atoms with Gasteiger partial charge in [-0.1, -0.05) is 0 Å². The Morgan fingerprint density at radius 2 is 2.31 bits per heavy atom. The highest BCUT2D eigenvalue weighted by Crippen LogP contribution is 2.17. The van der Waals surface area contributed by atoms with E-state index in [1.54, 1.807) is 0 Å². The van der Waals surface area contributed by atoms with Gasteiger partial charge in [-0.15, -0.1) is 11.3 Å². The van der Waals surface area contributed by atoms with Crippen LogP contribution < -0.4 is 5.32 Å². The van der Waals surface area contributed by atoms with E-state index in [0.29, 0.717) is 5.13 Å². The van der Waals surface area contributed by atoms with E-state index in [-0.39, 0.29) is 0 Å². The minimum Gasteiger partial charge on any atom is -0.444 e. The van der Waals surface area contributed by atoms with Gasteiger partial charge in [0.2, 0.25) is 0 Å². The molecule has 1 aromatic heterocycles. The summed E-state index contributed by atoms with van der Waals surface area (Å²) in [4.78, 5) is 15.6. The van der Waals surface area contributed by atoms with Gasteiger partial charge < -0.3 is 4.74 Å². The minimum atomic E-state index is -0.491. The smallest absolute Gasteiger partial charge is 0.413 e. The fraction of sp³-hybridized carbons (Fsp3) is 0.600. The van der Waals surface area contributed by atoms with Crippen molar-refractivity contribution in [2.24, 2.45) is 0 Å². The number of aromatic nitrogens is 1. The van der Waals surface area contributed by atoms with Crippen molar-refractivity contribution in [3.63, 3.8) is 0 Å². The van der Waals surface area contributed by atoms with Gasteiger partial charge in [0.05, 0.1) is 5.69 Å². The Bertz CT molecular complexity index is 358. The Labute approximate surface area is 105 Å². The Balaban J connectivity index is 2.50. The third-order valence-electron chi connectivity index (χ3n) is 1.53. The van der Waals surface area contributed by atoms with Gasteiger partial charge in [0.25, 0.3) is 0 Å². The molecule has 0 radical (unpaired) electrons. The molecule has 0 aromatic carbocycles. The molecule has 1 N–H and O–H groups in total. The highest BCUT2D eigenvalue weighted by atomic mass is 32.1. The topological polar surface area (TPSA) is 51.2 Å². The van der Waals surface area contributed by atoms with Gasteiger partial charge in [-0.25, -0.2) is 9.78 Å². The third-order valence-corrected chi connectivity index (χ3v) is 2.56. The van der Waals surface area contributed by atoms with Crippen molar-refractivity contribution in [3.05, 3.63) is 11.1 Å². The Morgan fingerprint density at radius 3 is 2.88 bits per heavy atom. The predicted molar refractivity (Wildman–Crippen MR) is 69.5 cm³/mol. The van der Waals surface area contributed by atoms with Crippen molar-refractivity contribution >= 4 is 35.2 Å². The number of nitrogens with zero attached hydrogens (tertiary/aromatic N) is 1. The van der Waals surface area contributed by atoms with Crippen LogP contribution in [0.5, 0.6) is 0 Å². The van der Waals surface area contributed by atoms with Crippen LogP contribution in [0.4, 0.5) is 9.93 Å². The summed E-state index contributed by atoms with van der Waals surface area (Å²) in [5.41, 5.74) is 0.445. The average molecular weight is 260 g/mol. The zero-order valence-corrected chi connectivity index (χ0v) is 11.3. The molecule has 0 aliphatic carbocycles. The van der Waals surface area contributed by atoms with Gasteiger partial charge in [0.15, 0.2) is 5.13 Å². The molecular formula is C10H16N2O2S2. The molecule has 1 heterocycles. The lowest BCUT2D eigenvalue weighted by molar-refractivity contribution is 0.0636. The molecule has 6 heteroatoms. The first kappa shape index (κ1) is 13.3. The summed E-state index contributed by atoms with van der Waals surface area (Å²) >= 11 is 5.51. The Hall–Kier alpha value is -0.750. The Morgan fingerprint density at radius 1 is 1.62 bits per heavy atom. The number of rotatable bonds is 3. The summed E-state index contributed by atoms with van der Waals surface area (Å²) < 4.78 is 5.11. The molecule has 0 fully saturated rings. The van der Waals surface area contributed by atoms with Crippen LogP contribution in [0.15, 0.2) is 5.38 Å². The molecule has 0 bridgehead atoms. The van der Waals surface area contributed by atoms with E-state index >= 15 is 0 Å². The van der Waals surface area contributed by atoms with Crippen LogP contribution in [0.1, 0.15) is 26.5 Å². The number of aryl methyl sites for hydroxylation is 1. The summed E-state index contributed by atoms with van der Waals surface area (Å²) in [6.45, 7) is 5.46. The molecule has 0 aliphatic heterocycles. The van der Waals surface area contributed by atoms with E-state index in [4.69, 9.17) is 4.74 Å². The zero-order valence-electron chi connectivity index (χ0n) is 9.61. The first-order valence-corrected chi connectivity index (χ1v) is 6.47. The lowest BCUT2D eigenvalue weighted by Gasteiger charge is -2.18. The lowest BCUT2D eigenvalue weighted by atomic mass is 10.2. The van der Waals surface area contributed by atoms with Crippen LogP contribution in [0.2, 0.25) is 0 Å². The number of amides is 1. The van der Waals surface area contributed by atoms with Gasteiger partial charge in [-0.3, -0.25) is 5.32 Å². The standard InChI is InChI=1S/C10H16N2O2S2/c1-10(2,3)14-9(13)12-8-11-7(4-5-15)6-16-8/h6,15H,4-5H2,1-3H3,(H,11,12,13). The van der Waals surface area contributed by atoms with Crippen molar-refractivity contribution in [1.82, 2.24) is 4.98 Å². The van der Waals surface area contributed by atoms with Crippen molar-refractivity contribution in [2.45, 2.75) is 32.8 Å². The number of carbonyl (C=O) groups excluding carboxylic acids is 1. The largest absolute Gasteiger partial charge is 0.444 e. The highest BCUT2D eigenvalue weighted by molar-refractivity contribution is 7.80. The number of anilines is 1. The maximum Gasteiger partial charge on any atom is 0.413 e. The van der Waals surface area contributed by atoms with Gasteiger partial charge in [-0.2, -0.15) is 12.6 Å². The molecule has 16 heavy (non-hydrogen) atoms. The Kier molecular flexibility index (Phi) is 4.61. The average Bonchev–Trinajstić information content (AvgIpc) is 2.49. The van der Waals surface area contributed by atoms with E-state index in [0.717, 1.165) is 17.9 Å². The summed E-state index contributed by atoms with van der Waals surface area (Å²) in [6, 6.07) is 0. The van der Waals surface area contributed by atoms with Gasteiger partial charge in [0, 0.05) is 5.38 Å². The van der Waals surface area contributed by atoms with Crippen molar-refractivity contribution in [3.8, 4) is 0 Å². The van der Waals surface area contributed by atoms with E-state index in [1.165, 1.54) is 11.3 Å². The molecule has 1 amide bonds. The van der Waals surface area contributed by atoms with Crippen LogP contribution in [0, 0.1) is 0 Å². The summed E-state index contributed by atoms with van der Waals surface area (Å²) in [5, 5.41) is 5.07. The minimum absolute atomic E-state index is 0.473. The van der Waals surface area contributed by atoms with Crippen LogP contribution >= 0.6 is 24.0 Å². The second kappa shape index (κ2) is 5.54. The number of carbonyl (C=O) groups is 1. The fourth-order valence-electron chi connectivity index (χ4n) is 0.985. The molecule has 0 unspecified atom stereocenters. The summed E-state index contributed by atoms with van der Waals surface area (Å²) in [5.74, 6) is 0.746. The molecular weight excluding hydrogens is 244 g/mol. The number of thiol groups is 1. The van der Waals surface area contributed by atoms with E-state index in [1.807, 2.05) is 26.2 Å². The molecule has 1 aromatic rings. The summed E-state index contributed by atoms with van der Waals surface area (Å²) in [6.07, 6.45) is 0.328. The van der Waals surface area contributed by atoms with Gasteiger partial charge >= 0.3 is 6.09 Å². The van der Waals surface area contributed by atoms with Gasteiger partial charge in [-0.05, 0) is 32.9 Å². The van der Waals surface area contributed by atoms with E-state index in [2.05, 4.69) is 22.9 Å². The van der Waals surface area contributed by atoms with Crippen molar-refractivity contribution in [2.75, 3.05) is 11.1 Å². The molecule has 0 saturated heterocycles.